The van der Waals surface area contributed by atoms with Gasteiger partial charge >= 0.3 is 0 Å². The van der Waals surface area contributed by atoms with Gasteiger partial charge in [0, 0.05) is 89.8 Å². The van der Waals surface area contributed by atoms with Crippen LogP contribution in [0, 0.1) is 0 Å². The third kappa shape index (κ3) is 9.26. The van der Waals surface area contributed by atoms with Crippen LogP contribution in [0.4, 0.5) is 68.2 Å². The molecule has 2 heterocycles. The van der Waals surface area contributed by atoms with E-state index in [1.165, 1.54) is 0 Å². The van der Waals surface area contributed by atoms with Gasteiger partial charge in [-0.15, -0.1) is 0 Å². The lowest BCUT2D eigenvalue weighted by Gasteiger charge is -2.28. The van der Waals surface area contributed by atoms with Gasteiger partial charge in [0.1, 0.15) is 0 Å². The number of benzene rings is 15. The van der Waals surface area contributed by atoms with Crippen molar-refractivity contribution in [2.24, 2.45) is 0 Å². The molecule has 0 amide bonds. The predicted octanol–water partition coefficient (Wildman–Crippen LogP) is 22.4. The highest BCUT2D eigenvalue weighted by Gasteiger charge is 2.21. The lowest BCUT2D eigenvalue weighted by molar-refractivity contribution is 1.26. The van der Waals surface area contributed by atoms with Gasteiger partial charge in [-0.25, -0.2) is 19.9 Å². The molecule has 0 radical (unpaired) electrons. The average molecular weight is 1150 g/mol. The zero-order valence-corrected chi connectivity index (χ0v) is 48.8. The molecular weight excluding hydrogens is 1100 g/mol. The van der Waals surface area contributed by atoms with Crippen molar-refractivity contribution in [3.05, 3.63) is 328 Å². The maximum atomic E-state index is 5.51. The zero-order valence-electron chi connectivity index (χ0n) is 48.8. The van der Waals surface area contributed by atoms with E-state index in [-0.39, 0.29) is 0 Å². The van der Waals surface area contributed by atoms with Crippen LogP contribution < -0.4 is 19.6 Å². The van der Waals surface area contributed by atoms with E-state index in [1.807, 2.05) is 0 Å². The fraction of sp³-hybridized carbons (Fsp3) is 0. The Bertz CT molecular complexity index is 5500. The molecule has 0 bridgehead atoms. The van der Waals surface area contributed by atoms with Crippen molar-refractivity contribution in [1.29, 1.82) is 0 Å². The molecular formula is C82H54N8. The first-order valence-electron chi connectivity index (χ1n) is 30.4. The molecule has 17 aromatic rings. The molecule has 0 N–H and O–H groups in total. The third-order valence-electron chi connectivity index (χ3n) is 17.2. The van der Waals surface area contributed by atoms with Gasteiger partial charge in [-0.1, -0.05) is 158 Å². The Morgan fingerprint density at radius 1 is 0.156 bits per heavy atom. The summed E-state index contributed by atoms with van der Waals surface area (Å²) in [5.74, 6) is 0. The van der Waals surface area contributed by atoms with E-state index in [0.717, 1.165) is 155 Å². The normalized spacial score (nSPS) is 11.6. The summed E-state index contributed by atoms with van der Waals surface area (Å²) >= 11 is 0. The van der Waals surface area contributed by atoms with Gasteiger partial charge in [-0.05, 0) is 191 Å². The molecule has 90 heavy (non-hydrogen) atoms. The van der Waals surface area contributed by atoms with Crippen molar-refractivity contribution in [3.8, 4) is 0 Å². The second-order valence-electron chi connectivity index (χ2n) is 22.7. The Morgan fingerprint density at radius 2 is 0.378 bits per heavy atom. The van der Waals surface area contributed by atoms with Crippen LogP contribution >= 0.6 is 0 Å². The summed E-state index contributed by atoms with van der Waals surface area (Å²) in [6.07, 6.45) is 0. The van der Waals surface area contributed by atoms with Crippen LogP contribution in [-0.4, -0.2) is 19.9 Å². The molecule has 15 aromatic carbocycles. The van der Waals surface area contributed by atoms with Crippen molar-refractivity contribution in [2.75, 3.05) is 19.6 Å². The second kappa shape index (κ2) is 21.9. The Morgan fingerprint density at radius 3 is 0.678 bits per heavy atom. The van der Waals surface area contributed by atoms with E-state index in [2.05, 4.69) is 347 Å². The largest absolute Gasteiger partial charge is 0.311 e. The maximum absolute atomic E-state index is 5.51. The number of fused-ring (bicyclic) bond motifs is 12. The molecule has 8 nitrogen and oxygen atoms in total. The Hall–Kier alpha value is -12.3. The first kappa shape index (κ1) is 52.1. The number of para-hydroxylation sites is 5. The minimum Gasteiger partial charge on any atom is -0.311 e. The lowest BCUT2D eigenvalue weighted by Crippen LogP contribution is -2.12. The number of hydrogen-bond donors (Lipinski definition) is 0. The lowest BCUT2D eigenvalue weighted by atomic mass is 10.0. The monoisotopic (exact) mass is 1150 g/mol. The van der Waals surface area contributed by atoms with Crippen LogP contribution in [0.5, 0.6) is 0 Å². The highest BCUT2D eigenvalue weighted by molar-refractivity contribution is 6.13. The number of anilines is 12. The molecule has 0 aliphatic heterocycles. The summed E-state index contributed by atoms with van der Waals surface area (Å²) in [6.45, 7) is 0. The minimum absolute atomic E-state index is 0.852. The molecule has 2 aromatic heterocycles. The van der Waals surface area contributed by atoms with Crippen molar-refractivity contribution >= 4 is 155 Å². The van der Waals surface area contributed by atoms with Gasteiger partial charge in [0.05, 0.1) is 44.1 Å². The molecule has 17 rings (SSSR count). The standard InChI is InChI=1S/C82H54N8/c1-6-19-59(20-7-1)87(60-21-8-2-9-22-60)64-34-36-65(37-35-64)88(61-23-10-3-11-24-61)68-43-46-73-57(53-68)32-50-77-81(73)86-82-74-47-44-70(54-58(74)33-51-78(82)84-77)90(63-27-14-5-15-28-63)67-40-38-66(39-41-67)89(62-25-12-4-13-26-62)69-42-45-72-56(52-69)31-49-76-80(72)85-79-71-29-17-16-18-55(71)30-48-75(79)83-76/h1-54H. The van der Waals surface area contributed by atoms with E-state index in [0.29, 0.717) is 0 Å². The molecule has 0 unspecified atom stereocenters. The Labute approximate surface area is 519 Å². The van der Waals surface area contributed by atoms with Gasteiger partial charge < -0.3 is 19.6 Å². The maximum Gasteiger partial charge on any atom is 0.0973 e. The van der Waals surface area contributed by atoms with E-state index in [1.54, 1.807) is 0 Å². The van der Waals surface area contributed by atoms with E-state index in [4.69, 9.17) is 19.9 Å². The smallest absolute Gasteiger partial charge is 0.0973 e. The van der Waals surface area contributed by atoms with Crippen LogP contribution in [0.1, 0.15) is 0 Å². The number of rotatable bonds is 12. The summed E-state index contributed by atoms with van der Waals surface area (Å²) in [6, 6.07) is 116. The minimum atomic E-state index is 0.852. The van der Waals surface area contributed by atoms with Gasteiger partial charge in [-0.3, -0.25) is 0 Å². The summed E-state index contributed by atoms with van der Waals surface area (Å²) in [5, 5.41) is 8.64. The predicted molar refractivity (Wildman–Crippen MR) is 376 cm³/mol. The topological polar surface area (TPSA) is 64.5 Å². The summed E-state index contributed by atoms with van der Waals surface area (Å²) in [4.78, 5) is 30.4. The fourth-order valence-corrected chi connectivity index (χ4v) is 13.0. The second-order valence-corrected chi connectivity index (χ2v) is 22.7. The van der Waals surface area contributed by atoms with Crippen molar-refractivity contribution in [1.82, 2.24) is 19.9 Å². The molecule has 0 aliphatic carbocycles. The number of nitrogens with zero attached hydrogens (tertiary/aromatic N) is 8. The average Bonchev–Trinajstić information content (AvgIpc) is 1.09. The summed E-state index contributed by atoms with van der Waals surface area (Å²) in [7, 11) is 0. The van der Waals surface area contributed by atoms with Crippen LogP contribution in [-0.2, 0) is 0 Å². The first-order valence-corrected chi connectivity index (χ1v) is 30.4. The highest BCUT2D eigenvalue weighted by Crippen LogP contribution is 2.44. The van der Waals surface area contributed by atoms with Gasteiger partial charge in [0.15, 0.2) is 0 Å². The van der Waals surface area contributed by atoms with Crippen molar-refractivity contribution in [2.45, 2.75) is 0 Å². The number of hydrogen-bond acceptors (Lipinski definition) is 8. The SMILES string of the molecule is c1ccc(N(c2ccccc2)c2ccc(N(c3ccccc3)c3ccc4c(ccc5nc6ccc7cc(N(c8ccccc8)c8ccc(N(c9ccccc9)c9ccc%10c(ccc%11nc%12ccc%13ccccc%13c%12nc%11%10)c9)cc8)ccc7c6nc54)c3)cc2)cc1. The molecule has 0 aliphatic rings. The van der Waals surface area contributed by atoms with Crippen molar-refractivity contribution in [3.63, 3.8) is 0 Å². The van der Waals surface area contributed by atoms with E-state index >= 15 is 0 Å². The van der Waals surface area contributed by atoms with Crippen LogP contribution in [0.15, 0.2) is 328 Å². The highest BCUT2D eigenvalue weighted by atomic mass is 15.2. The molecule has 0 spiro atoms. The van der Waals surface area contributed by atoms with E-state index in [9.17, 15) is 0 Å². The Balaban J connectivity index is 0.710. The third-order valence-corrected chi connectivity index (χ3v) is 17.2. The summed E-state index contributed by atoms with van der Waals surface area (Å²) in [5.41, 5.74) is 19.7. The van der Waals surface area contributed by atoms with Crippen LogP contribution in [0.3, 0.4) is 0 Å². The van der Waals surface area contributed by atoms with Crippen molar-refractivity contribution < 1.29 is 0 Å². The zero-order chi connectivity index (χ0) is 59.5. The van der Waals surface area contributed by atoms with Gasteiger partial charge in [-0.2, -0.15) is 0 Å². The van der Waals surface area contributed by atoms with Crippen LogP contribution in [0.2, 0.25) is 0 Å². The molecule has 422 valence electrons. The molecule has 0 saturated heterocycles. The molecule has 0 atom stereocenters. The molecule has 8 heteroatoms. The Kier molecular flexibility index (Phi) is 12.7. The van der Waals surface area contributed by atoms with Crippen LogP contribution in [0.25, 0.3) is 87.2 Å². The molecule has 0 fully saturated rings. The van der Waals surface area contributed by atoms with Gasteiger partial charge in [0.25, 0.3) is 0 Å². The first-order chi connectivity index (χ1) is 44.6. The fourth-order valence-electron chi connectivity index (χ4n) is 13.0. The van der Waals surface area contributed by atoms with Gasteiger partial charge in [0.2, 0.25) is 0 Å². The number of aromatic nitrogens is 4. The van der Waals surface area contributed by atoms with E-state index < -0.39 is 0 Å². The molecule has 0 saturated carbocycles. The summed E-state index contributed by atoms with van der Waals surface area (Å²) < 4.78 is 0. The quantitative estimate of drug-likeness (QED) is 0.0886.